The monoisotopic (exact) mass is 300 g/mol. The van der Waals surface area contributed by atoms with Crippen molar-refractivity contribution in [3.63, 3.8) is 0 Å². The lowest BCUT2D eigenvalue weighted by molar-refractivity contribution is -0.145. The van der Waals surface area contributed by atoms with E-state index in [1.165, 1.54) is 0 Å². The molecule has 122 valence electrons. The summed E-state index contributed by atoms with van der Waals surface area (Å²) in [5, 5.41) is 21.6. The summed E-state index contributed by atoms with van der Waals surface area (Å²) in [4.78, 5) is 24.7. The highest BCUT2D eigenvalue weighted by Crippen LogP contribution is 2.24. The maximum atomic E-state index is 12.1. The summed E-state index contributed by atoms with van der Waals surface area (Å²) in [6.45, 7) is 6.10. The fraction of sp³-hybridized carbons (Fsp3) is 0.867. The maximum Gasteiger partial charge on any atom is 0.306 e. The van der Waals surface area contributed by atoms with E-state index >= 15 is 0 Å². The SMILES string of the molecule is CCC(CC)(CO)CNCC(=O)N1CCC(C(=O)O)CC1. The van der Waals surface area contributed by atoms with Crippen molar-refractivity contribution in [1.82, 2.24) is 10.2 Å². The van der Waals surface area contributed by atoms with Crippen LogP contribution in [0.2, 0.25) is 0 Å². The molecule has 0 aromatic carbocycles. The number of aliphatic hydroxyl groups is 1. The lowest BCUT2D eigenvalue weighted by Crippen LogP contribution is -2.46. The first-order chi connectivity index (χ1) is 9.98. The summed E-state index contributed by atoms with van der Waals surface area (Å²) in [7, 11) is 0. The van der Waals surface area contributed by atoms with Gasteiger partial charge in [0, 0.05) is 31.7 Å². The highest BCUT2D eigenvalue weighted by Gasteiger charge is 2.28. The fourth-order valence-electron chi connectivity index (χ4n) is 2.70. The normalized spacial score (nSPS) is 17.0. The number of hydrogen-bond donors (Lipinski definition) is 3. The molecule has 1 rings (SSSR count). The minimum Gasteiger partial charge on any atom is -0.481 e. The molecule has 6 nitrogen and oxygen atoms in total. The number of nitrogens with one attached hydrogen (secondary N) is 1. The molecule has 1 fully saturated rings. The van der Waals surface area contributed by atoms with Gasteiger partial charge in [0.25, 0.3) is 0 Å². The minimum absolute atomic E-state index is 0.0119. The molecule has 21 heavy (non-hydrogen) atoms. The van der Waals surface area contributed by atoms with Crippen LogP contribution in [0.3, 0.4) is 0 Å². The first-order valence-electron chi connectivity index (χ1n) is 7.80. The molecule has 1 aliphatic heterocycles. The van der Waals surface area contributed by atoms with Gasteiger partial charge in [-0.2, -0.15) is 0 Å². The van der Waals surface area contributed by atoms with Crippen LogP contribution in [0.15, 0.2) is 0 Å². The molecule has 1 aliphatic rings. The van der Waals surface area contributed by atoms with Crippen molar-refractivity contribution in [2.45, 2.75) is 39.5 Å². The predicted molar refractivity (Wildman–Crippen MR) is 79.9 cm³/mol. The van der Waals surface area contributed by atoms with Crippen molar-refractivity contribution in [3.8, 4) is 0 Å². The Balaban J connectivity index is 2.33. The Labute approximate surface area is 126 Å². The number of carboxylic acid groups (broad SMARTS) is 1. The van der Waals surface area contributed by atoms with E-state index in [-0.39, 0.29) is 30.4 Å². The Morgan fingerprint density at radius 2 is 1.81 bits per heavy atom. The first-order valence-corrected chi connectivity index (χ1v) is 7.80. The highest BCUT2D eigenvalue weighted by molar-refractivity contribution is 5.78. The molecular formula is C15H28N2O4. The number of likely N-dealkylation sites (tertiary alicyclic amines) is 1. The van der Waals surface area contributed by atoms with E-state index in [9.17, 15) is 14.7 Å². The van der Waals surface area contributed by atoms with Crippen LogP contribution >= 0.6 is 0 Å². The summed E-state index contributed by atoms with van der Waals surface area (Å²) < 4.78 is 0. The van der Waals surface area contributed by atoms with Crippen molar-refractivity contribution < 1.29 is 19.8 Å². The van der Waals surface area contributed by atoms with Gasteiger partial charge in [-0.15, -0.1) is 0 Å². The number of carbonyl (C=O) groups is 2. The molecule has 0 aromatic heterocycles. The van der Waals surface area contributed by atoms with Crippen molar-refractivity contribution in [1.29, 1.82) is 0 Å². The van der Waals surface area contributed by atoms with Crippen molar-refractivity contribution in [3.05, 3.63) is 0 Å². The summed E-state index contributed by atoms with van der Waals surface area (Å²) in [5.41, 5.74) is -0.156. The largest absolute Gasteiger partial charge is 0.481 e. The lowest BCUT2D eigenvalue weighted by Gasteiger charge is -2.32. The third-order valence-electron chi connectivity index (χ3n) is 4.81. The third-order valence-corrected chi connectivity index (χ3v) is 4.81. The van der Waals surface area contributed by atoms with Gasteiger partial charge >= 0.3 is 5.97 Å². The number of amides is 1. The van der Waals surface area contributed by atoms with E-state index in [2.05, 4.69) is 5.32 Å². The molecule has 0 unspecified atom stereocenters. The number of carboxylic acids is 1. The van der Waals surface area contributed by atoms with Crippen LogP contribution in [-0.4, -0.2) is 59.8 Å². The molecule has 0 atom stereocenters. The van der Waals surface area contributed by atoms with Gasteiger partial charge in [0.05, 0.1) is 12.5 Å². The molecule has 0 aliphatic carbocycles. The van der Waals surface area contributed by atoms with Gasteiger partial charge in [-0.25, -0.2) is 0 Å². The van der Waals surface area contributed by atoms with E-state index in [1.807, 2.05) is 13.8 Å². The van der Waals surface area contributed by atoms with Gasteiger partial charge in [-0.3, -0.25) is 9.59 Å². The zero-order valence-electron chi connectivity index (χ0n) is 13.1. The zero-order valence-corrected chi connectivity index (χ0v) is 13.1. The van der Waals surface area contributed by atoms with Gasteiger partial charge in [0.2, 0.25) is 5.91 Å². The van der Waals surface area contributed by atoms with Crippen LogP contribution in [0.5, 0.6) is 0 Å². The third kappa shape index (κ3) is 4.97. The second-order valence-corrected chi connectivity index (χ2v) is 5.96. The van der Waals surface area contributed by atoms with E-state index in [0.29, 0.717) is 32.5 Å². The summed E-state index contributed by atoms with van der Waals surface area (Å²) in [6, 6.07) is 0. The van der Waals surface area contributed by atoms with Gasteiger partial charge in [0.1, 0.15) is 0 Å². The molecule has 0 saturated carbocycles. The van der Waals surface area contributed by atoms with E-state index in [4.69, 9.17) is 5.11 Å². The molecular weight excluding hydrogens is 272 g/mol. The molecule has 3 N–H and O–H groups in total. The van der Waals surface area contributed by atoms with Gasteiger partial charge in [0.15, 0.2) is 0 Å². The average Bonchev–Trinajstić information content (AvgIpc) is 2.52. The molecule has 0 aromatic rings. The molecule has 0 spiro atoms. The summed E-state index contributed by atoms with van der Waals surface area (Å²) in [6.07, 6.45) is 2.80. The van der Waals surface area contributed by atoms with Crippen LogP contribution < -0.4 is 5.32 Å². The number of piperidine rings is 1. The second kappa shape index (κ2) is 8.34. The topological polar surface area (TPSA) is 89.9 Å². The van der Waals surface area contributed by atoms with Gasteiger partial charge in [-0.05, 0) is 25.7 Å². The summed E-state index contributed by atoms with van der Waals surface area (Å²) >= 11 is 0. The molecule has 6 heteroatoms. The quantitative estimate of drug-likeness (QED) is 0.614. The average molecular weight is 300 g/mol. The van der Waals surface area contributed by atoms with Crippen LogP contribution in [0.4, 0.5) is 0 Å². The number of hydrogen-bond acceptors (Lipinski definition) is 4. The zero-order chi connectivity index (χ0) is 15.9. The Morgan fingerprint density at radius 1 is 1.24 bits per heavy atom. The maximum absolute atomic E-state index is 12.1. The molecule has 0 radical (unpaired) electrons. The minimum atomic E-state index is -0.765. The Hall–Kier alpha value is -1.14. The predicted octanol–water partition coefficient (Wildman–Crippen LogP) is 0.698. The Morgan fingerprint density at radius 3 is 2.24 bits per heavy atom. The van der Waals surface area contributed by atoms with Crippen LogP contribution in [0, 0.1) is 11.3 Å². The fourth-order valence-corrected chi connectivity index (χ4v) is 2.70. The van der Waals surface area contributed by atoms with Gasteiger partial charge in [-0.1, -0.05) is 13.8 Å². The first kappa shape index (κ1) is 17.9. The van der Waals surface area contributed by atoms with Crippen molar-refractivity contribution in [2.24, 2.45) is 11.3 Å². The Kier molecular flexibility index (Phi) is 7.11. The standard InChI is InChI=1S/C15H28N2O4/c1-3-15(4-2,11-18)10-16-9-13(19)17-7-5-12(6-8-17)14(20)21/h12,16,18H,3-11H2,1-2H3,(H,20,21). The van der Waals surface area contributed by atoms with Crippen molar-refractivity contribution in [2.75, 3.05) is 32.8 Å². The number of carbonyl (C=O) groups excluding carboxylic acids is 1. The number of aliphatic hydroxyl groups excluding tert-OH is 1. The van der Waals surface area contributed by atoms with Gasteiger partial charge < -0.3 is 20.4 Å². The number of nitrogens with zero attached hydrogens (tertiary/aromatic N) is 1. The van der Waals surface area contributed by atoms with Crippen LogP contribution in [0.25, 0.3) is 0 Å². The van der Waals surface area contributed by atoms with E-state index < -0.39 is 5.97 Å². The highest BCUT2D eigenvalue weighted by atomic mass is 16.4. The molecule has 1 amide bonds. The smallest absolute Gasteiger partial charge is 0.306 e. The number of rotatable bonds is 8. The summed E-state index contributed by atoms with van der Waals surface area (Å²) in [5.74, 6) is -1.07. The molecule has 0 bridgehead atoms. The van der Waals surface area contributed by atoms with Crippen LogP contribution in [-0.2, 0) is 9.59 Å². The lowest BCUT2D eigenvalue weighted by atomic mass is 9.83. The second-order valence-electron chi connectivity index (χ2n) is 5.96. The molecule has 1 heterocycles. The number of aliphatic carboxylic acids is 1. The van der Waals surface area contributed by atoms with E-state index in [0.717, 1.165) is 12.8 Å². The Bertz CT molecular complexity index is 339. The molecule has 1 saturated heterocycles. The van der Waals surface area contributed by atoms with E-state index in [1.54, 1.807) is 4.90 Å². The van der Waals surface area contributed by atoms with Crippen molar-refractivity contribution >= 4 is 11.9 Å². The van der Waals surface area contributed by atoms with Crippen LogP contribution in [0.1, 0.15) is 39.5 Å².